The molecule has 11 nitrogen and oxygen atoms in total. The molecule has 11 heteroatoms. The summed E-state index contributed by atoms with van der Waals surface area (Å²) in [6, 6.07) is 18.1. The third kappa shape index (κ3) is 17.0. The molecule has 0 aromatic heterocycles. The summed E-state index contributed by atoms with van der Waals surface area (Å²) in [6.45, 7) is 11.9. The number of ether oxygens (including phenoxy) is 5. The zero-order valence-electron chi connectivity index (χ0n) is 31.2. The van der Waals surface area contributed by atoms with Crippen molar-refractivity contribution in [2.75, 3.05) is 31.7 Å². The van der Waals surface area contributed by atoms with Crippen molar-refractivity contribution in [3.05, 3.63) is 109 Å². The number of unbranched alkanes of at least 4 members (excludes halogenated alkanes) is 6. The molecule has 0 radical (unpaired) electrons. The Hall–Kier alpha value is -5.97. The van der Waals surface area contributed by atoms with Crippen molar-refractivity contribution in [3.63, 3.8) is 0 Å². The van der Waals surface area contributed by atoms with Crippen LogP contribution in [-0.2, 0) is 28.7 Å². The van der Waals surface area contributed by atoms with Gasteiger partial charge >= 0.3 is 17.9 Å². The van der Waals surface area contributed by atoms with Crippen LogP contribution in [0.2, 0.25) is 0 Å². The van der Waals surface area contributed by atoms with Crippen molar-refractivity contribution in [2.45, 2.75) is 65.2 Å². The molecular formula is C43H50N2O9. The molecule has 0 saturated carbocycles. The number of amides is 1. The highest BCUT2D eigenvalue weighted by Gasteiger charge is 2.08. The fourth-order valence-corrected chi connectivity index (χ4v) is 4.97. The number of aryl methyl sites for hydroxylation is 1. The van der Waals surface area contributed by atoms with Crippen LogP contribution in [0.3, 0.4) is 0 Å². The monoisotopic (exact) mass is 738 g/mol. The molecule has 0 aliphatic carbocycles. The number of carbonyl (C=O) groups is 4. The Bertz CT molecular complexity index is 1760. The Morgan fingerprint density at radius 3 is 1.80 bits per heavy atom. The molecule has 0 saturated heterocycles. The Morgan fingerprint density at radius 2 is 1.22 bits per heavy atom. The predicted octanol–water partition coefficient (Wildman–Crippen LogP) is 8.66. The summed E-state index contributed by atoms with van der Waals surface area (Å²) in [5.41, 5.74) is 3.59. The number of rotatable bonds is 24. The normalized spacial score (nSPS) is 10.9. The standard InChI is InChI=1S/C43H50N2O9/c1-5-41(47)52-27-13-9-7-11-25-50-36-19-15-34(16-20-36)31-44-39-23-22-38(29-32(39)3)54-43(49)24-18-35-17-21-37(30-40(35)45-33(4)46)51-26-12-8-10-14-28-53-42(48)6-2/h5-6,15-24,29-31H,1-2,7-14,25-28H2,3-4H3,(H,45,46)/b24-18+,44-31+. The molecule has 54 heavy (non-hydrogen) atoms. The van der Waals surface area contributed by atoms with Crippen molar-refractivity contribution < 1.29 is 42.9 Å². The van der Waals surface area contributed by atoms with Crippen molar-refractivity contribution in [3.8, 4) is 17.2 Å². The summed E-state index contributed by atoms with van der Waals surface area (Å²) < 4.78 is 27.2. The van der Waals surface area contributed by atoms with Gasteiger partial charge in [-0.25, -0.2) is 14.4 Å². The van der Waals surface area contributed by atoms with Crippen LogP contribution in [0, 0.1) is 6.92 Å². The number of nitrogens with zero attached hydrogens (tertiary/aromatic N) is 1. The number of aliphatic imine (C=N–C) groups is 1. The fourth-order valence-electron chi connectivity index (χ4n) is 4.97. The Kier molecular flexibility index (Phi) is 19.1. The van der Waals surface area contributed by atoms with Gasteiger partial charge in [-0.15, -0.1) is 0 Å². The Morgan fingerprint density at radius 1 is 0.667 bits per heavy atom. The van der Waals surface area contributed by atoms with Gasteiger partial charge in [-0.1, -0.05) is 13.2 Å². The first kappa shape index (κ1) is 42.4. The summed E-state index contributed by atoms with van der Waals surface area (Å²) >= 11 is 0. The second kappa shape index (κ2) is 24.3. The number of hydrogen-bond donors (Lipinski definition) is 1. The second-order valence-electron chi connectivity index (χ2n) is 12.2. The summed E-state index contributed by atoms with van der Waals surface area (Å²) in [7, 11) is 0. The van der Waals surface area contributed by atoms with Gasteiger partial charge < -0.3 is 29.0 Å². The first-order valence-electron chi connectivity index (χ1n) is 18.1. The van der Waals surface area contributed by atoms with Crippen molar-refractivity contribution in [1.29, 1.82) is 0 Å². The topological polar surface area (TPSA) is 139 Å². The molecule has 1 N–H and O–H groups in total. The van der Waals surface area contributed by atoms with E-state index in [0.717, 1.165) is 80.0 Å². The summed E-state index contributed by atoms with van der Waals surface area (Å²) in [5, 5.41) is 2.78. The van der Waals surface area contributed by atoms with Crippen LogP contribution in [0.1, 0.15) is 75.0 Å². The molecule has 286 valence electrons. The lowest BCUT2D eigenvalue weighted by Crippen LogP contribution is -2.08. The van der Waals surface area contributed by atoms with E-state index in [-0.39, 0.29) is 11.9 Å². The lowest BCUT2D eigenvalue weighted by molar-refractivity contribution is -0.138. The lowest BCUT2D eigenvalue weighted by atomic mass is 10.1. The largest absolute Gasteiger partial charge is 0.494 e. The van der Waals surface area contributed by atoms with Gasteiger partial charge in [-0.3, -0.25) is 9.79 Å². The van der Waals surface area contributed by atoms with Crippen LogP contribution in [-0.4, -0.2) is 56.5 Å². The Labute approximate surface area is 317 Å². The van der Waals surface area contributed by atoms with Gasteiger partial charge in [0.05, 0.1) is 37.8 Å². The summed E-state index contributed by atoms with van der Waals surface area (Å²) in [5.74, 6) is 0.106. The highest BCUT2D eigenvalue weighted by atomic mass is 16.5. The van der Waals surface area contributed by atoms with E-state index in [1.807, 2.05) is 31.2 Å². The van der Waals surface area contributed by atoms with Gasteiger partial charge in [0, 0.05) is 37.4 Å². The quantitative estimate of drug-likeness (QED) is 0.0315. The average Bonchev–Trinajstić information content (AvgIpc) is 3.16. The number of hydrogen-bond acceptors (Lipinski definition) is 10. The number of carbonyl (C=O) groups excluding carboxylic acids is 4. The molecule has 0 spiro atoms. The summed E-state index contributed by atoms with van der Waals surface area (Å²) in [4.78, 5) is 51.3. The van der Waals surface area contributed by atoms with E-state index in [9.17, 15) is 19.2 Å². The smallest absolute Gasteiger partial charge is 0.336 e. The maximum absolute atomic E-state index is 12.7. The highest BCUT2D eigenvalue weighted by Crippen LogP contribution is 2.26. The molecular weight excluding hydrogens is 688 g/mol. The minimum atomic E-state index is -0.576. The van der Waals surface area contributed by atoms with Gasteiger partial charge in [0.25, 0.3) is 0 Å². The maximum atomic E-state index is 12.7. The first-order chi connectivity index (χ1) is 26.2. The first-order valence-corrected chi connectivity index (χ1v) is 18.1. The van der Waals surface area contributed by atoms with Crippen LogP contribution in [0.5, 0.6) is 17.2 Å². The summed E-state index contributed by atoms with van der Waals surface area (Å²) in [6.07, 6.45) is 14.0. The number of esters is 3. The average molecular weight is 739 g/mol. The van der Waals surface area contributed by atoms with Crippen molar-refractivity contribution >= 4 is 47.5 Å². The van der Waals surface area contributed by atoms with Crippen molar-refractivity contribution in [1.82, 2.24) is 0 Å². The molecule has 0 aliphatic heterocycles. The minimum absolute atomic E-state index is 0.257. The zero-order chi connectivity index (χ0) is 39.0. The van der Waals surface area contributed by atoms with E-state index >= 15 is 0 Å². The number of anilines is 1. The van der Waals surface area contributed by atoms with Crippen LogP contribution >= 0.6 is 0 Å². The van der Waals surface area contributed by atoms with Crippen LogP contribution in [0.4, 0.5) is 11.4 Å². The van der Waals surface area contributed by atoms with Gasteiger partial charge in [0.2, 0.25) is 5.91 Å². The van der Waals surface area contributed by atoms with E-state index in [4.69, 9.17) is 23.7 Å². The molecule has 0 atom stereocenters. The van der Waals surface area contributed by atoms with E-state index in [2.05, 4.69) is 23.5 Å². The van der Waals surface area contributed by atoms with E-state index < -0.39 is 11.9 Å². The predicted molar refractivity (Wildman–Crippen MR) is 211 cm³/mol. The molecule has 3 aromatic rings. The Balaban J connectivity index is 1.44. The number of nitrogens with one attached hydrogen (secondary N) is 1. The lowest BCUT2D eigenvalue weighted by Gasteiger charge is -2.11. The molecule has 3 rings (SSSR count). The van der Waals surface area contributed by atoms with Crippen LogP contribution in [0.25, 0.3) is 6.08 Å². The van der Waals surface area contributed by atoms with E-state index in [1.54, 1.807) is 48.7 Å². The molecule has 3 aromatic carbocycles. The van der Waals surface area contributed by atoms with Gasteiger partial charge in [0.15, 0.2) is 0 Å². The molecule has 0 fully saturated rings. The third-order valence-electron chi connectivity index (χ3n) is 7.79. The van der Waals surface area contributed by atoms with Crippen molar-refractivity contribution in [2.24, 2.45) is 4.99 Å². The molecule has 0 unspecified atom stereocenters. The minimum Gasteiger partial charge on any atom is -0.494 e. The van der Waals surface area contributed by atoms with Crippen LogP contribution < -0.4 is 19.5 Å². The highest BCUT2D eigenvalue weighted by molar-refractivity contribution is 5.94. The molecule has 0 aliphatic rings. The molecule has 0 heterocycles. The SMILES string of the molecule is C=CC(=O)OCCCCCCOc1ccc(/C=N/c2ccc(OC(=O)/C=C/c3ccc(OCCCCCCOC(=O)C=C)cc3NC(C)=O)cc2C)cc1. The van der Waals surface area contributed by atoms with E-state index in [1.165, 1.54) is 19.1 Å². The van der Waals surface area contributed by atoms with E-state index in [0.29, 0.717) is 49.2 Å². The second-order valence-corrected chi connectivity index (χ2v) is 12.2. The zero-order valence-corrected chi connectivity index (χ0v) is 31.2. The molecule has 1 amide bonds. The van der Waals surface area contributed by atoms with Gasteiger partial charge in [-0.2, -0.15) is 0 Å². The maximum Gasteiger partial charge on any atom is 0.336 e. The van der Waals surface area contributed by atoms with Gasteiger partial charge in [-0.05, 0) is 136 Å². The molecule has 0 bridgehead atoms. The fraction of sp³-hybridized carbons (Fsp3) is 0.326. The number of benzene rings is 3. The van der Waals surface area contributed by atoms with Crippen LogP contribution in [0.15, 0.2) is 97.0 Å². The third-order valence-corrected chi connectivity index (χ3v) is 7.79. The van der Waals surface area contributed by atoms with Gasteiger partial charge in [0.1, 0.15) is 17.2 Å².